The highest BCUT2D eigenvalue weighted by Crippen LogP contribution is 2.21. The third-order valence-electron chi connectivity index (χ3n) is 8.94. The molecule has 38 heavy (non-hydrogen) atoms. The van der Waals surface area contributed by atoms with Crippen molar-refractivity contribution in [2.75, 3.05) is 26.2 Å². The van der Waals surface area contributed by atoms with Gasteiger partial charge in [-0.2, -0.15) is 0 Å². The van der Waals surface area contributed by atoms with Crippen LogP contribution in [0.25, 0.3) is 0 Å². The second kappa shape index (κ2) is 33.6. The Morgan fingerprint density at radius 3 is 0.579 bits per heavy atom. The van der Waals surface area contributed by atoms with Crippen molar-refractivity contribution >= 4 is 0 Å². The van der Waals surface area contributed by atoms with E-state index >= 15 is 0 Å². The van der Waals surface area contributed by atoms with E-state index in [9.17, 15) is 0 Å². The van der Waals surface area contributed by atoms with E-state index in [1.165, 1.54) is 210 Å². The van der Waals surface area contributed by atoms with Gasteiger partial charge in [-0.3, -0.25) is 0 Å². The summed E-state index contributed by atoms with van der Waals surface area (Å²) in [7, 11) is 0. The Bertz CT molecular complexity index is 369. The first-order chi connectivity index (χ1) is 18.2. The Labute approximate surface area is 254 Å². The third-order valence-corrected chi connectivity index (χ3v) is 8.94. The standard InChI is InChI=1S/C36H76N.BrH/c1-5-9-13-17-21-22-23-24-28-32-36-37(33-29-25-18-14-10-6-2,34-30-26-19-15-11-7-3)35-31-27-20-16-12-8-4;/h5-36H2,1-4H3;1H/q+1;/p-1. The van der Waals surface area contributed by atoms with Crippen LogP contribution in [0, 0.1) is 0 Å². The normalized spacial score (nSPS) is 11.7. The molecule has 0 amide bonds. The maximum Gasteiger partial charge on any atom is 0.0786 e. The van der Waals surface area contributed by atoms with Gasteiger partial charge in [0.15, 0.2) is 0 Å². The molecule has 0 fully saturated rings. The summed E-state index contributed by atoms with van der Waals surface area (Å²) in [5.74, 6) is 0. The van der Waals surface area contributed by atoms with Gasteiger partial charge in [0.25, 0.3) is 0 Å². The lowest BCUT2D eigenvalue weighted by atomic mass is 10.0. The lowest BCUT2D eigenvalue weighted by Gasteiger charge is -2.40. The van der Waals surface area contributed by atoms with Crippen molar-refractivity contribution in [3.8, 4) is 0 Å². The smallest absolute Gasteiger partial charge is 0.0786 e. The molecule has 0 spiro atoms. The molecule has 0 atom stereocenters. The highest BCUT2D eigenvalue weighted by molar-refractivity contribution is 4.55. The summed E-state index contributed by atoms with van der Waals surface area (Å²) in [5.41, 5.74) is 0. The molecule has 1 nitrogen and oxygen atoms in total. The predicted molar refractivity (Wildman–Crippen MR) is 172 cm³/mol. The van der Waals surface area contributed by atoms with Gasteiger partial charge in [-0.05, 0) is 51.4 Å². The van der Waals surface area contributed by atoms with Crippen LogP contribution in [0.3, 0.4) is 0 Å². The Morgan fingerprint density at radius 1 is 0.237 bits per heavy atom. The van der Waals surface area contributed by atoms with Crippen LogP contribution in [-0.4, -0.2) is 30.7 Å². The van der Waals surface area contributed by atoms with Crippen LogP contribution < -0.4 is 17.0 Å². The molecule has 0 aliphatic carbocycles. The number of hydrogen-bond acceptors (Lipinski definition) is 0. The summed E-state index contributed by atoms with van der Waals surface area (Å²) in [6.07, 6.45) is 40.7. The molecular weight excluding hydrogens is 526 g/mol. The Hall–Kier alpha value is 0.440. The molecule has 0 aliphatic heterocycles. The predicted octanol–water partition coefficient (Wildman–Crippen LogP) is 9.81. The van der Waals surface area contributed by atoms with Crippen molar-refractivity contribution in [2.24, 2.45) is 0 Å². The molecular formula is C36H76BrN. The van der Waals surface area contributed by atoms with Crippen molar-refractivity contribution in [3.05, 3.63) is 0 Å². The molecule has 232 valence electrons. The molecule has 0 aromatic heterocycles. The Balaban J connectivity index is 0. The lowest BCUT2D eigenvalue weighted by molar-refractivity contribution is -0.929. The maximum absolute atomic E-state index is 2.34. The van der Waals surface area contributed by atoms with Gasteiger partial charge in [0.1, 0.15) is 0 Å². The molecule has 0 heterocycles. The number of nitrogens with zero attached hydrogens (tertiary/aromatic N) is 1. The van der Waals surface area contributed by atoms with Gasteiger partial charge in [0, 0.05) is 0 Å². The molecule has 0 aromatic rings. The molecule has 0 bridgehead atoms. The van der Waals surface area contributed by atoms with Gasteiger partial charge in [-0.15, -0.1) is 0 Å². The molecule has 0 aliphatic rings. The van der Waals surface area contributed by atoms with E-state index in [4.69, 9.17) is 0 Å². The zero-order valence-corrected chi connectivity index (χ0v) is 29.0. The Kier molecular flexibility index (Phi) is 35.9. The topological polar surface area (TPSA) is 0 Å². The monoisotopic (exact) mass is 602 g/mol. The number of hydrogen-bond donors (Lipinski definition) is 0. The average Bonchev–Trinajstić information content (AvgIpc) is 2.91. The number of halogens is 1. The fourth-order valence-electron chi connectivity index (χ4n) is 6.29. The molecule has 0 N–H and O–H groups in total. The van der Waals surface area contributed by atoms with Crippen molar-refractivity contribution in [1.82, 2.24) is 0 Å². The van der Waals surface area contributed by atoms with Crippen LogP contribution in [0.2, 0.25) is 0 Å². The van der Waals surface area contributed by atoms with Crippen LogP contribution in [0.5, 0.6) is 0 Å². The van der Waals surface area contributed by atoms with E-state index < -0.39 is 0 Å². The number of rotatable bonds is 32. The first-order valence-electron chi connectivity index (χ1n) is 18.1. The summed E-state index contributed by atoms with van der Waals surface area (Å²) in [6, 6.07) is 0. The minimum Gasteiger partial charge on any atom is -1.00 e. The lowest BCUT2D eigenvalue weighted by Crippen LogP contribution is -3.00. The minimum absolute atomic E-state index is 0. The van der Waals surface area contributed by atoms with E-state index in [-0.39, 0.29) is 17.0 Å². The van der Waals surface area contributed by atoms with Crippen molar-refractivity contribution < 1.29 is 21.5 Å². The first kappa shape index (κ1) is 40.6. The molecule has 0 saturated heterocycles. The van der Waals surface area contributed by atoms with Gasteiger partial charge < -0.3 is 21.5 Å². The quantitative estimate of drug-likeness (QED) is 0.0531. The summed E-state index contributed by atoms with van der Waals surface area (Å²) < 4.78 is 1.48. The van der Waals surface area contributed by atoms with Crippen molar-refractivity contribution in [1.29, 1.82) is 0 Å². The SMILES string of the molecule is CCCCCCCCCCCC[N+](CCCCCCCC)(CCCCCCCC)CCCCCCCC.[Br-]. The van der Waals surface area contributed by atoms with E-state index in [2.05, 4.69) is 27.7 Å². The van der Waals surface area contributed by atoms with Crippen molar-refractivity contribution in [3.63, 3.8) is 0 Å². The van der Waals surface area contributed by atoms with Gasteiger partial charge in [-0.25, -0.2) is 0 Å². The molecule has 0 unspecified atom stereocenters. The highest BCUT2D eigenvalue weighted by Gasteiger charge is 2.25. The summed E-state index contributed by atoms with van der Waals surface area (Å²) in [5, 5.41) is 0. The largest absolute Gasteiger partial charge is 1.00 e. The van der Waals surface area contributed by atoms with E-state index in [1.807, 2.05) is 0 Å². The van der Waals surface area contributed by atoms with E-state index in [0.29, 0.717) is 0 Å². The maximum atomic E-state index is 2.34. The second-order valence-electron chi connectivity index (χ2n) is 12.7. The minimum atomic E-state index is 0. The Morgan fingerprint density at radius 2 is 0.395 bits per heavy atom. The van der Waals surface area contributed by atoms with Crippen LogP contribution in [-0.2, 0) is 0 Å². The summed E-state index contributed by atoms with van der Waals surface area (Å²) >= 11 is 0. The van der Waals surface area contributed by atoms with Crippen LogP contribution in [0.1, 0.15) is 207 Å². The second-order valence-corrected chi connectivity index (χ2v) is 12.7. The van der Waals surface area contributed by atoms with Crippen LogP contribution >= 0.6 is 0 Å². The van der Waals surface area contributed by atoms with E-state index in [0.717, 1.165) is 0 Å². The van der Waals surface area contributed by atoms with Gasteiger partial charge in [0.2, 0.25) is 0 Å². The fourth-order valence-corrected chi connectivity index (χ4v) is 6.29. The van der Waals surface area contributed by atoms with E-state index in [1.54, 1.807) is 0 Å². The molecule has 0 aromatic carbocycles. The van der Waals surface area contributed by atoms with Crippen LogP contribution in [0.15, 0.2) is 0 Å². The fraction of sp³-hybridized carbons (Fsp3) is 1.00. The summed E-state index contributed by atoms with van der Waals surface area (Å²) in [4.78, 5) is 0. The first-order valence-corrected chi connectivity index (χ1v) is 18.1. The van der Waals surface area contributed by atoms with Gasteiger partial charge >= 0.3 is 0 Å². The third kappa shape index (κ3) is 28.0. The zero-order valence-electron chi connectivity index (χ0n) is 27.5. The highest BCUT2D eigenvalue weighted by atomic mass is 79.9. The molecule has 0 radical (unpaired) electrons. The number of quaternary nitrogens is 1. The molecule has 0 saturated carbocycles. The number of unbranched alkanes of at least 4 members (excludes halogenated alkanes) is 24. The zero-order chi connectivity index (χ0) is 27.1. The van der Waals surface area contributed by atoms with Gasteiger partial charge in [0.05, 0.1) is 26.2 Å². The summed E-state index contributed by atoms with van der Waals surface area (Å²) in [6.45, 7) is 15.3. The molecule has 0 rings (SSSR count). The average molecular weight is 603 g/mol. The van der Waals surface area contributed by atoms with Crippen molar-refractivity contribution in [2.45, 2.75) is 207 Å². The molecule has 2 heteroatoms. The van der Waals surface area contributed by atoms with Gasteiger partial charge in [-0.1, -0.05) is 156 Å². The van der Waals surface area contributed by atoms with Crippen LogP contribution in [0.4, 0.5) is 0 Å².